The van der Waals surface area contributed by atoms with Crippen LogP contribution in [0.4, 0.5) is 4.79 Å². The minimum Gasteiger partial charge on any atom is -0.453 e. The highest BCUT2D eigenvalue weighted by Crippen LogP contribution is 2.19. The van der Waals surface area contributed by atoms with Crippen LogP contribution in [0.3, 0.4) is 0 Å². The highest BCUT2D eigenvalue weighted by atomic mass is 16.5. The zero-order valence-electron chi connectivity index (χ0n) is 15.6. The maximum atomic E-state index is 12.7. The van der Waals surface area contributed by atoms with Gasteiger partial charge in [0.15, 0.2) is 0 Å². The van der Waals surface area contributed by atoms with Crippen molar-refractivity contribution in [2.24, 2.45) is 0 Å². The topological polar surface area (TPSA) is 67.7 Å². The van der Waals surface area contributed by atoms with Crippen molar-refractivity contribution in [2.45, 2.75) is 32.7 Å². The molecule has 1 fully saturated rings. The molecule has 7 heteroatoms. The Bertz CT molecular complexity index is 799. The van der Waals surface area contributed by atoms with E-state index in [0.29, 0.717) is 38.6 Å². The third-order valence-corrected chi connectivity index (χ3v) is 4.83. The second-order valence-corrected chi connectivity index (χ2v) is 6.94. The summed E-state index contributed by atoms with van der Waals surface area (Å²) in [4.78, 5) is 32.3. The molecule has 2 amide bonds. The van der Waals surface area contributed by atoms with Crippen molar-refractivity contribution in [3.63, 3.8) is 0 Å². The molecule has 0 saturated carbocycles. The van der Waals surface area contributed by atoms with Crippen LogP contribution in [0.1, 0.15) is 31.9 Å². The first-order chi connectivity index (χ1) is 12.5. The van der Waals surface area contributed by atoms with Gasteiger partial charge in [-0.2, -0.15) is 0 Å². The minimum absolute atomic E-state index is 0.0827. The number of fused-ring (bicyclic) bond motifs is 1. The predicted octanol–water partition coefficient (Wildman–Crippen LogP) is 2.46. The summed E-state index contributed by atoms with van der Waals surface area (Å²) in [6.07, 6.45) is 2.63. The molecule has 1 aliphatic rings. The smallest absolute Gasteiger partial charge is 0.409 e. The van der Waals surface area contributed by atoms with Gasteiger partial charge >= 0.3 is 6.09 Å². The van der Waals surface area contributed by atoms with E-state index in [-0.39, 0.29) is 12.0 Å². The fourth-order valence-electron chi connectivity index (χ4n) is 3.36. The number of carbonyl (C=O) groups is 2. The van der Waals surface area contributed by atoms with Gasteiger partial charge in [-0.1, -0.05) is 6.07 Å². The summed E-state index contributed by atoms with van der Waals surface area (Å²) in [5, 5.41) is 0. The van der Waals surface area contributed by atoms with Gasteiger partial charge in [-0.3, -0.25) is 4.79 Å². The third kappa shape index (κ3) is 3.81. The molecule has 1 saturated heterocycles. The molecule has 1 aromatic carbocycles. The van der Waals surface area contributed by atoms with Crippen molar-refractivity contribution >= 4 is 23.0 Å². The van der Waals surface area contributed by atoms with Crippen molar-refractivity contribution in [2.75, 3.05) is 33.3 Å². The van der Waals surface area contributed by atoms with Crippen molar-refractivity contribution in [3.8, 4) is 0 Å². The Balaban J connectivity index is 1.66. The zero-order valence-corrected chi connectivity index (χ0v) is 15.6. The molecule has 0 aliphatic carbocycles. The molecular formula is C19H26N4O3. The van der Waals surface area contributed by atoms with Crippen LogP contribution >= 0.6 is 0 Å². The highest BCUT2D eigenvalue weighted by Gasteiger charge is 2.22. The molecule has 26 heavy (non-hydrogen) atoms. The molecular weight excluding hydrogens is 332 g/mol. The van der Waals surface area contributed by atoms with Crippen molar-refractivity contribution in [1.29, 1.82) is 0 Å². The predicted molar refractivity (Wildman–Crippen MR) is 99.0 cm³/mol. The highest BCUT2D eigenvalue weighted by molar-refractivity contribution is 5.82. The Morgan fingerprint density at radius 2 is 1.88 bits per heavy atom. The van der Waals surface area contributed by atoms with E-state index in [9.17, 15) is 9.59 Å². The summed E-state index contributed by atoms with van der Waals surface area (Å²) < 4.78 is 6.89. The summed E-state index contributed by atoms with van der Waals surface area (Å²) in [6, 6.07) is 6.37. The Kier molecular flexibility index (Phi) is 5.44. The molecule has 2 aromatic rings. The number of methoxy groups -OCH3 is 1. The van der Waals surface area contributed by atoms with E-state index < -0.39 is 0 Å². The molecule has 0 atom stereocenters. The molecule has 0 radical (unpaired) electrons. The second-order valence-electron chi connectivity index (χ2n) is 6.94. The van der Waals surface area contributed by atoms with Crippen LogP contribution in [0.2, 0.25) is 0 Å². The summed E-state index contributed by atoms with van der Waals surface area (Å²) in [7, 11) is 1.38. The van der Waals surface area contributed by atoms with E-state index in [0.717, 1.165) is 23.0 Å². The number of hydrogen-bond acceptors (Lipinski definition) is 4. The van der Waals surface area contributed by atoms with Crippen LogP contribution in [0.5, 0.6) is 0 Å². The van der Waals surface area contributed by atoms with E-state index in [1.54, 1.807) is 4.90 Å². The van der Waals surface area contributed by atoms with Crippen molar-refractivity contribution in [1.82, 2.24) is 19.4 Å². The summed E-state index contributed by atoms with van der Waals surface area (Å²) in [6.45, 7) is 6.57. The average Bonchev–Trinajstić information content (AvgIpc) is 2.89. The summed E-state index contributed by atoms with van der Waals surface area (Å²) in [5.74, 6) is 0.0827. The second kappa shape index (κ2) is 7.76. The van der Waals surface area contributed by atoms with Crippen molar-refractivity contribution < 1.29 is 14.3 Å². The lowest BCUT2D eigenvalue weighted by atomic mass is 10.1. The maximum absolute atomic E-state index is 12.7. The standard InChI is InChI=1S/C19H26N4O3/c1-14(2)23-13-20-16-11-15(5-6-17(16)23)12-18(24)21-7-4-8-22(10-9-21)19(25)26-3/h5-6,11,13-14H,4,7-10,12H2,1-3H3. The van der Waals surface area contributed by atoms with Crippen LogP contribution in [0.25, 0.3) is 11.0 Å². The number of amides is 2. The fourth-order valence-corrected chi connectivity index (χ4v) is 3.36. The van der Waals surface area contributed by atoms with E-state index in [1.165, 1.54) is 7.11 Å². The molecule has 1 aliphatic heterocycles. The Morgan fingerprint density at radius 1 is 1.15 bits per heavy atom. The molecule has 140 valence electrons. The number of carbonyl (C=O) groups excluding carboxylic acids is 2. The molecule has 0 spiro atoms. The number of aromatic nitrogens is 2. The summed E-state index contributed by atoms with van der Waals surface area (Å²) in [5.41, 5.74) is 2.96. The maximum Gasteiger partial charge on any atom is 0.409 e. The first-order valence-electron chi connectivity index (χ1n) is 9.05. The van der Waals surface area contributed by atoms with E-state index in [4.69, 9.17) is 4.74 Å². The number of rotatable bonds is 3. The van der Waals surface area contributed by atoms with Crippen LogP contribution in [-0.4, -0.2) is 64.6 Å². The van der Waals surface area contributed by atoms with Gasteiger partial charge < -0.3 is 19.1 Å². The van der Waals surface area contributed by atoms with E-state index >= 15 is 0 Å². The number of hydrogen-bond donors (Lipinski definition) is 0. The van der Waals surface area contributed by atoms with Gasteiger partial charge in [0.25, 0.3) is 0 Å². The molecule has 0 unspecified atom stereocenters. The lowest BCUT2D eigenvalue weighted by Gasteiger charge is -2.21. The van der Waals surface area contributed by atoms with E-state index in [2.05, 4.69) is 23.4 Å². The van der Waals surface area contributed by atoms with Gasteiger partial charge in [0.2, 0.25) is 5.91 Å². The van der Waals surface area contributed by atoms with Crippen molar-refractivity contribution in [3.05, 3.63) is 30.1 Å². The fraction of sp³-hybridized carbons (Fsp3) is 0.526. The van der Waals surface area contributed by atoms with Gasteiger partial charge in [0.05, 0.1) is 30.9 Å². The van der Waals surface area contributed by atoms with Gasteiger partial charge in [0.1, 0.15) is 0 Å². The SMILES string of the molecule is COC(=O)N1CCCN(C(=O)Cc2ccc3c(c2)ncn3C(C)C)CC1. The molecule has 1 aromatic heterocycles. The quantitative estimate of drug-likeness (QED) is 0.845. The molecule has 7 nitrogen and oxygen atoms in total. The zero-order chi connectivity index (χ0) is 18.7. The van der Waals surface area contributed by atoms with Gasteiger partial charge in [-0.25, -0.2) is 9.78 Å². The number of imidazole rings is 1. The normalized spacial score (nSPS) is 15.4. The molecule has 3 rings (SSSR count). The van der Waals surface area contributed by atoms with Crippen LogP contribution < -0.4 is 0 Å². The number of benzene rings is 1. The average molecular weight is 358 g/mol. The molecule has 0 bridgehead atoms. The number of nitrogens with zero attached hydrogens (tertiary/aromatic N) is 4. The Labute approximate surface area is 153 Å². The van der Waals surface area contributed by atoms with Gasteiger partial charge in [-0.15, -0.1) is 0 Å². The lowest BCUT2D eigenvalue weighted by Crippen LogP contribution is -2.37. The lowest BCUT2D eigenvalue weighted by molar-refractivity contribution is -0.130. The summed E-state index contributed by atoms with van der Waals surface area (Å²) >= 11 is 0. The first-order valence-corrected chi connectivity index (χ1v) is 9.05. The minimum atomic E-state index is -0.328. The molecule has 0 N–H and O–H groups in total. The monoisotopic (exact) mass is 358 g/mol. The third-order valence-electron chi connectivity index (χ3n) is 4.83. The van der Waals surface area contributed by atoms with Gasteiger partial charge in [0, 0.05) is 32.2 Å². The molecule has 2 heterocycles. The van der Waals surface area contributed by atoms with Gasteiger partial charge in [-0.05, 0) is 38.0 Å². The van der Waals surface area contributed by atoms with Crippen LogP contribution in [0, 0.1) is 0 Å². The Morgan fingerprint density at radius 3 is 2.62 bits per heavy atom. The first kappa shape index (κ1) is 18.2. The Hall–Kier alpha value is -2.57. The number of ether oxygens (including phenoxy) is 1. The van der Waals surface area contributed by atoms with Crippen LogP contribution in [0.15, 0.2) is 24.5 Å². The van der Waals surface area contributed by atoms with E-state index in [1.807, 2.05) is 29.4 Å². The van der Waals surface area contributed by atoms with Crippen LogP contribution in [-0.2, 0) is 16.0 Å². The largest absolute Gasteiger partial charge is 0.453 e.